The topological polar surface area (TPSA) is 33.6 Å². The summed E-state index contributed by atoms with van der Waals surface area (Å²) in [6.45, 7) is 3.23. The molecule has 1 rings (SSSR count). The molecule has 0 spiro atoms. The molecule has 1 N–H and O–H groups in total. The summed E-state index contributed by atoms with van der Waals surface area (Å²) in [6.07, 6.45) is 9.09. The fraction of sp³-hybridized carbons (Fsp3) is 0.769. The highest BCUT2D eigenvalue weighted by molar-refractivity contribution is 5.99. The van der Waals surface area contributed by atoms with Crippen molar-refractivity contribution in [3.05, 3.63) is 12.2 Å². The average molecular weight is 224 g/mol. The third-order valence-electron chi connectivity index (χ3n) is 3.04. The van der Waals surface area contributed by atoms with Gasteiger partial charge in [0.05, 0.1) is 5.71 Å². The third-order valence-corrected chi connectivity index (χ3v) is 3.04. The molecule has 0 saturated carbocycles. The number of rotatable bonds is 5. The van der Waals surface area contributed by atoms with Gasteiger partial charge in [-0.05, 0) is 31.9 Å². The molecular weight excluding hydrogens is 200 g/mol. The van der Waals surface area contributed by atoms with E-state index in [0.29, 0.717) is 6.04 Å². The van der Waals surface area contributed by atoms with Gasteiger partial charge in [-0.3, -0.25) is 4.99 Å². The first kappa shape index (κ1) is 13.4. The molecule has 0 radical (unpaired) electrons. The molecule has 2 unspecified atom stereocenters. The lowest BCUT2D eigenvalue weighted by molar-refractivity contribution is 0.110. The van der Waals surface area contributed by atoms with Crippen LogP contribution < -0.4 is 5.32 Å². The molecule has 92 valence electrons. The van der Waals surface area contributed by atoms with Crippen LogP contribution in [0, 0.1) is 0 Å². The van der Waals surface area contributed by atoms with Gasteiger partial charge in [-0.1, -0.05) is 19.4 Å². The van der Waals surface area contributed by atoms with E-state index in [1.807, 2.05) is 7.05 Å². The molecule has 0 bridgehead atoms. The van der Waals surface area contributed by atoms with E-state index in [1.165, 1.54) is 19.3 Å². The molecule has 3 heteroatoms. The van der Waals surface area contributed by atoms with Crippen LogP contribution in [-0.2, 0) is 4.74 Å². The molecule has 1 aliphatic heterocycles. The maximum absolute atomic E-state index is 5.60. The van der Waals surface area contributed by atoms with Crippen LogP contribution in [0.5, 0.6) is 0 Å². The molecule has 0 amide bonds. The molecule has 1 aliphatic rings. The number of aliphatic imine (C=N–C) groups is 1. The number of hydrogen-bond donors (Lipinski definition) is 1. The molecule has 3 nitrogen and oxygen atoms in total. The monoisotopic (exact) mass is 224 g/mol. The minimum atomic E-state index is 0.0908. The van der Waals surface area contributed by atoms with Gasteiger partial charge in [0.15, 0.2) is 0 Å². The largest absolute Gasteiger partial charge is 0.374 e. The second kappa shape index (κ2) is 7.58. The zero-order chi connectivity index (χ0) is 11.8. The van der Waals surface area contributed by atoms with Gasteiger partial charge >= 0.3 is 0 Å². The first-order valence-corrected chi connectivity index (χ1v) is 6.22. The Labute approximate surface area is 99.0 Å². The van der Waals surface area contributed by atoms with Crippen molar-refractivity contribution < 1.29 is 4.74 Å². The summed E-state index contributed by atoms with van der Waals surface area (Å²) < 4.78 is 5.60. The highest BCUT2D eigenvalue weighted by atomic mass is 16.5. The maximum Gasteiger partial charge on any atom is 0.114 e. The van der Waals surface area contributed by atoms with Crippen LogP contribution in [0.4, 0.5) is 0 Å². The summed E-state index contributed by atoms with van der Waals surface area (Å²) in [5, 5.41) is 3.52. The number of ether oxygens (including phenoxy) is 1. The summed E-state index contributed by atoms with van der Waals surface area (Å²) in [4.78, 5) is 4.34. The Morgan fingerprint density at radius 1 is 1.56 bits per heavy atom. The molecule has 0 aromatic carbocycles. The van der Waals surface area contributed by atoms with Gasteiger partial charge in [0.2, 0.25) is 0 Å². The van der Waals surface area contributed by atoms with Crippen molar-refractivity contribution >= 4 is 5.71 Å². The summed E-state index contributed by atoms with van der Waals surface area (Å²) in [6, 6.07) is 0.416. The van der Waals surface area contributed by atoms with Crippen molar-refractivity contribution in [2.45, 2.75) is 44.8 Å². The molecule has 0 aliphatic carbocycles. The van der Waals surface area contributed by atoms with Crippen molar-refractivity contribution in [2.75, 3.05) is 20.7 Å². The predicted octanol–water partition coefficient (Wildman–Crippen LogP) is 2.18. The standard InChI is InChI=1S/C13H24N2O/c1-4-5-8-11(14-2)13(16-3)12-9-6-7-10-15-12/h5,8,12-13,15H,4,6-7,9-10H2,1-3H3/b8-5-,14-11?. The van der Waals surface area contributed by atoms with Gasteiger partial charge in [0, 0.05) is 20.2 Å². The van der Waals surface area contributed by atoms with Crippen LogP contribution >= 0.6 is 0 Å². The Morgan fingerprint density at radius 3 is 2.88 bits per heavy atom. The summed E-state index contributed by atoms with van der Waals surface area (Å²) in [7, 11) is 3.61. The molecule has 0 aromatic heterocycles. The van der Waals surface area contributed by atoms with Crippen LogP contribution in [0.1, 0.15) is 32.6 Å². The van der Waals surface area contributed by atoms with Crippen LogP contribution in [0.2, 0.25) is 0 Å². The Hall–Kier alpha value is -0.670. The highest BCUT2D eigenvalue weighted by Gasteiger charge is 2.25. The second-order valence-corrected chi connectivity index (χ2v) is 4.17. The van der Waals surface area contributed by atoms with Crippen molar-refractivity contribution in [3.8, 4) is 0 Å². The zero-order valence-electron chi connectivity index (χ0n) is 10.7. The number of nitrogens with zero attached hydrogens (tertiary/aromatic N) is 1. The van der Waals surface area contributed by atoms with Crippen LogP contribution in [0.15, 0.2) is 17.1 Å². The van der Waals surface area contributed by atoms with E-state index >= 15 is 0 Å². The Balaban J connectivity index is 2.66. The van der Waals surface area contributed by atoms with E-state index in [2.05, 4.69) is 29.4 Å². The third kappa shape index (κ3) is 3.72. The average Bonchev–Trinajstić information content (AvgIpc) is 2.35. The maximum atomic E-state index is 5.60. The first-order chi connectivity index (χ1) is 7.83. The van der Waals surface area contributed by atoms with Crippen LogP contribution in [-0.4, -0.2) is 38.6 Å². The van der Waals surface area contributed by atoms with E-state index in [0.717, 1.165) is 18.7 Å². The number of hydrogen-bond acceptors (Lipinski definition) is 3. The first-order valence-electron chi connectivity index (χ1n) is 6.22. The van der Waals surface area contributed by atoms with E-state index in [4.69, 9.17) is 4.74 Å². The summed E-state index contributed by atoms with van der Waals surface area (Å²) in [5.41, 5.74) is 1.05. The fourth-order valence-electron chi connectivity index (χ4n) is 2.16. The second-order valence-electron chi connectivity index (χ2n) is 4.17. The molecule has 0 aromatic rings. The lowest BCUT2D eigenvalue weighted by Gasteiger charge is -2.30. The lowest BCUT2D eigenvalue weighted by atomic mass is 9.96. The number of methoxy groups -OCH3 is 1. The summed E-state index contributed by atoms with van der Waals surface area (Å²) in [5.74, 6) is 0. The van der Waals surface area contributed by atoms with Gasteiger partial charge in [-0.2, -0.15) is 0 Å². The van der Waals surface area contributed by atoms with Gasteiger partial charge in [0.1, 0.15) is 6.10 Å². The molecule has 1 heterocycles. The van der Waals surface area contributed by atoms with Gasteiger partial charge in [0.25, 0.3) is 0 Å². The minimum absolute atomic E-state index is 0.0908. The molecule has 2 atom stereocenters. The van der Waals surface area contributed by atoms with E-state index < -0.39 is 0 Å². The van der Waals surface area contributed by atoms with Gasteiger partial charge < -0.3 is 10.1 Å². The Kier molecular flexibility index (Phi) is 6.34. The predicted molar refractivity (Wildman–Crippen MR) is 69.2 cm³/mol. The van der Waals surface area contributed by atoms with Crippen molar-refractivity contribution in [2.24, 2.45) is 4.99 Å². The fourth-order valence-corrected chi connectivity index (χ4v) is 2.16. The molecule has 16 heavy (non-hydrogen) atoms. The quantitative estimate of drug-likeness (QED) is 0.726. The normalized spacial score (nSPS) is 24.9. The smallest absolute Gasteiger partial charge is 0.114 e. The highest BCUT2D eigenvalue weighted by Crippen LogP contribution is 2.14. The number of piperidine rings is 1. The van der Waals surface area contributed by atoms with Crippen molar-refractivity contribution in [1.29, 1.82) is 0 Å². The SMILES string of the molecule is CC/C=C\C(=NC)C(OC)C1CCCCN1. The Morgan fingerprint density at radius 2 is 2.38 bits per heavy atom. The molecule has 1 saturated heterocycles. The van der Waals surface area contributed by atoms with E-state index in [1.54, 1.807) is 7.11 Å². The van der Waals surface area contributed by atoms with Crippen molar-refractivity contribution in [3.63, 3.8) is 0 Å². The lowest BCUT2D eigenvalue weighted by Crippen LogP contribution is -2.47. The van der Waals surface area contributed by atoms with Gasteiger partial charge in [-0.15, -0.1) is 0 Å². The summed E-state index contributed by atoms with van der Waals surface area (Å²) >= 11 is 0. The number of allylic oxidation sites excluding steroid dienone is 1. The zero-order valence-corrected chi connectivity index (χ0v) is 10.7. The van der Waals surface area contributed by atoms with Gasteiger partial charge in [-0.25, -0.2) is 0 Å². The molecule has 1 fully saturated rings. The minimum Gasteiger partial charge on any atom is -0.374 e. The van der Waals surface area contributed by atoms with E-state index in [-0.39, 0.29) is 6.10 Å². The van der Waals surface area contributed by atoms with Crippen LogP contribution in [0.25, 0.3) is 0 Å². The Bertz CT molecular complexity index is 242. The number of nitrogens with one attached hydrogen (secondary N) is 1. The molecular formula is C13H24N2O. The van der Waals surface area contributed by atoms with Crippen molar-refractivity contribution in [1.82, 2.24) is 5.32 Å². The van der Waals surface area contributed by atoms with E-state index in [9.17, 15) is 0 Å². The van der Waals surface area contributed by atoms with Crippen LogP contribution in [0.3, 0.4) is 0 Å².